The van der Waals surface area contributed by atoms with Crippen LogP contribution in [0.3, 0.4) is 0 Å². The summed E-state index contributed by atoms with van der Waals surface area (Å²) in [5, 5.41) is 4.71. The van der Waals surface area contributed by atoms with Gasteiger partial charge < -0.3 is 9.32 Å². The van der Waals surface area contributed by atoms with Crippen molar-refractivity contribution < 1.29 is 4.42 Å². The summed E-state index contributed by atoms with van der Waals surface area (Å²) in [4.78, 5) is 2.42. The molecule has 11 aromatic rings. The molecule has 0 amide bonds. The van der Waals surface area contributed by atoms with Gasteiger partial charge in [-0.1, -0.05) is 188 Å². The molecule has 0 unspecified atom stereocenters. The van der Waals surface area contributed by atoms with Crippen molar-refractivity contribution in [3.05, 3.63) is 237 Å². The van der Waals surface area contributed by atoms with Gasteiger partial charge in [0.05, 0.1) is 5.69 Å². The predicted molar refractivity (Wildman–Crippen MR) is 253 cm³/mol. The number of anilines is 3. The van der Waals surface area contributed by atoms with Crippen LogP contribution in [0.1, 0.15) is 0 Å². The van der Waals surface area contributed by atoms with Gasteiger partial charge in [-0.3, -0.25) is 0 Å². The molecule has 2 heteroatoms. The van der Waals surface area contributed by atoms with Crippen LogP contribution in [0.5, 0.6) is 0 Å². The summed E-state index contributed by atoms with van der Waals surface area (Å²) in [7, 11) is 0. The van der Waals surface area contributed by atoms with Crippen molar-refractivity contribution in [1.82, 2.24) is 0 Å². The van der Waals surface area contributed by atoms with Gasteiger partial charge in [0.2, 0.25) is 0 Å². The Morgan fingerprint density at radius 2 is 0.800 bits per heavy atom. The zero-order valence-corrected chi connectivity index (χ0v) is 32.9. The summed E-state index contributed by atoms with van der Waals surface area (Å²) in [6.07, 6.45) is 0. The van der Waals surface area contributed by atoms with Gasteiger partial charge in [-0.2, -0.15) is 0 Å². The molecule has 0 fully saturated rings. The molecule has 0 radical (unpaired) electrons. The summed E-state index contributed by atoms with van der Waals surface area (Å²) < 4.78 is 6.35. The van der Waals surface area contributed by atoms with Crippen molar-refractivity contribution in [3.8, 4) is 55.6 Å². The Labute approximate surface area is 349 Å². The van der Waals surface area contributed by atoms with Gasteiger partial charge in [-0.25, -0.2) is 0 Å². The summed E-state index contributed by atoms with van der Waals surface area (Å²) in [6.45, 7) is 0. The van der Waals surface area contributed by atoms with Gasteiger partial charge >= 0.3 is 0 Å². The van der Waals surface area contributed by atoms with E-state index >= 15 is 0 Å². The topological polar surface area (TPSA) is 16.4 Å². The fourth-order valence-corrected chi connectivity index (χ4v) is 8.67. The minimum absolute atomic E-state index is 0.887. The summed E-state index contributed by atoms with van der Waals surface area (Å²) in [5.74, 6) is 0. The first kappa shape index (κ1) is 35.2. The monoisotopic (exact) mass is 765 g/mol. The SMILES string of the molecule is c1ccc(-c2ccc(-c3ccc(N(c4cccc(-c5ccc6c(c5)oc5ccccc56)c4)c4cc(-c5cccc6ccccc56)ccc4-c4ccccc4)cc3)cc2)cc1. The van der Waals surface area contributed by atoms with Crippen molar-refractivity contribution in [2.75, 3.05) is 4.90 Å². The second kappa shape index (κ2) is 15.1. The highest BCUT2D eigenvalue weighted by Crippen LogP contribution is 2.45. The Kier molecular flexibility index (Phi) is 8.87. The predicted octanol–water partition coefficient (Wildman–Crippen LogP) is 16.5. The minimum atomic E-state index is 0.887. The Hall–Kier alpha value is -7.94. The van der Waals surface area contributed by atoms with E-state index in [4.69, 9.17) is 4.42 Å². The Balaban J connectivity index is 1.08. The molecule has 0 bridgehead atoms. The van der Waals surface area contributed by atoms with Crippen LogP contribution >= 0.6 is 0 Å². The fraction of sp³-hybridized carbons (Fsp3) is 0. The van der Waals surface area contributed by atoms with Crippen LogP contribution in [0.15, 0.2) is 241 Å². The van der Waals surface area contributed by atoms with E-state index in [0.29, 0.717) is 0 Å². The molecular formula is C58H39NO. The molecule has 0 saturated heterocycles. The van der Waals surface area contributed by atoms with Crippen molar-refractivity contribution in [3.63, 3.8) is 0 Å². The van der Waals surface area contributed by atoms with Gasteiger partial charge in [0.25, 0.3) is 0 Å². The molecule has 0 aliphatic carbocycles. The molecule has 0 saturated carbocycles. The molecule has 0 N–H and O–H groups in total. The first-order chi connectivity index (χ1) is 29.7. The van der Waals surface area contributed by atoms with Gasteiger partial charge in [0.1, 0.15) is 11.2 Å². The van der Waals surface area contributed by atoms with E-state index in [0.717, 1.165) is 66.8 Å². The lowest BCUT2D eigenvalue weighted by molar-refractivity contribution is 0.669. The first-order valence-corrected chi connectivity index (χ1v) is 20.5. The number of para-hydroxylation sites is 1. The van der Waals surface area contributed by atoms with Crippen LogP contribution in [0, 0.1) is 0 Å². The maximum Gasteiger partial charge on any atom is 0.136 e. The molecule has 282 valence electrons. The first-order valence-electron chi connectivity index (χ1n) is 20.5. The smallest absolute Gasteiger partial charge is 0.136 e. The second-order valence-electron chi connectivity index (χ2n) is 15.3. The van der Waals surface area contributed by atoms with Gasteiger partial charge in [-0.05, 0) is 109 Å². The Bertz CT molecular complexity index is 3290. The van der Waals surface area contributed by atoms with E-state index in [1.54, 1.807) is 0 Å². The number of hydrogen-bond donors (Lipinski definition) is 0. The van der Waals surface area contributed by atoms with Crippen LogP contribution in [0.2, 0.25) is 0 Å². The molecule has 0 atom stereocenters. The van der Waals surface area contributed by atoms with E-state index in [2.05, 4.69) is 229 Å². The summed E-state index contributed by atoms with van der Waals surface area (Å²) in [6, 6.07) is 85.0. The van der Waals surface area contributed by atoms with Crippen molar-refractivity contribution >= 4 is 49.8 Å². The molecule has 10 aromatic carbocycles. The number of rotatable bonds is 8. The highest BCUT2D eigenvalue weighted by molar-refractivity contribution is 6.06. The Morgan fingerprint density at radius 1 is 0.267 bits per heavy atom. The Morgan fingerprint density at radius 3 is 1.57 bits per heavy atom. The third-order valence-electron chi connectivity index (χ3n) is 11.7. The zero-order valence-electron chi connectivity index (χ0n) is 32.9. The maximum atomic E-state index is 6.35. The van der Waals surface area contributed by atoms with Crippen molar-refractivity contribution in [1.29, 1.82) is 0 Å². The maximum absolute atomic E-state index is 6.35. The van der Waals surface area contributed by atoms with Crippen LogP contribution in [-0.2, 0) is 0 Å². The van der Waals surface area contributed by atoms with Crippen molar-refractivity contribution in [2.24, 2.45) is 0 Å². The molecular weight excluding hydrogens is 727 g/mol. The molecule has 0 spiro atoms. The molecule has 1 heterocycles. The van der Waals surface area contributed by atoms with Gasteiger partial charge in [-0.15, -0.1) is 0 Å². The number of nitrogens with zero attached hydrogens (tertiary/aromatic N) is 1. The number of furan rings is 1. The average Bonchev–Trinajstić information content (AvgIpc) is 3.70. The normalized spacial score (nSPS) is 11.3. The summed E-state index contributed by atoms with van der Waals surface area (Å²) >= 11 is 0. The fourth-order valence-electron chi connectivity index (χ4n) is 8.67. The molecule has 60 heavy (non-hydrogen) atoms. The highest BCUT2D eigenvalue weighted by atomic mass is 16.3. The molecule has 1 aromatic heterocycles. The van der Waals surface area contributed by atoms with E-state index in [1.165, 1.54) is 38.6 Å². The number of benzene rings is 10. The lowest BCUT2D eigenvalue weighted by Gasteiger charge is -2.29. The van der Waals surface area contributed by atoms with E-state index in [1.807, 2.05) is 12.1 Å². The third-order valence-corrected chi connectivity index (χ3v) is 11.7. The highest BCUT2D eigenvalue weighted by Gasteiger charge is 2.20. The van der Waals surface area contributed by atoms with E-state index < -0.39 is 0 Å². The van der Waals surface area contributed by atoms with Crippen LogP contribution < -0.4 is 4.90 Å². The van der Waals surface area contributed by atoms with E-state index in [-0.39, 0.29) is 0 Å². The van der Waals surface area contributed by atoms with Crippen LogP contribution in [0.4, 0.5) is 17.1 Å². The van der Waals surface area contributed by atoms with Crippen LogP contribution in [0.25, 0.3) is 88.3 Å². The number of fused-ring (bicyclic) bond motifs is 4. The van der Waals surface area contributed by atoms with Crippen LogP contribution in [-0.4, -0.2) is 0 Å². The van der Waals surface area contributed by atoms with Crippen molar-refractivity contribution in [2.45, 2.75) is 0 Å². The average molecular weight is 766 g/mol. The lowest BCUT2D eigenvalue weighted by atomic mass is 9.94. The largest absolute Gasteiger partial charge is 0.456 e. The van der Waals surface area contributed by atoms with E-state index in [9.17, 15) is 0 Å². The molecule has 2 nitrogen and oxygen atoms in total. The zero-order chi connectivity index (χ0) is 39.8. The lowest BCUT2D eigenvalue weighted by Crippen LogP contribution is -2.11. The molecule has 0 aliphatic rings. The number of hydrogen-bond acceptors (Lipinski definition) is 2. The standard InChI is InChI=1S/C58H39NO/c1-3-13-40(14-4-1)41-25-27-42(28-26-41)43-29-33-49(34-30-43)59(50-20-11-19-46(37-50)47-31-36-55-54-22-9-10-24-57(54)60-58(55)39-47)56-38-48(32-35-53(56)45-15-5-2-6-16-45)52-23-12-18-44-17-7-8-21-51(44)52/h1-39H. The molecule has 11 rings (SSSR count). The quantitative estimate of drug-likeness (QED) is 0.153. The summed E-state index contributed by atoms with van der Waals surface area (Å²) in [5.41, 5.74) is 16.7. The van der Waals surface area contributed by atoms with Gasteiger partial charge in [0.15, 0.2) is 0 Å². The van der Waals surface area contributed by atoms with Gasteiger partial charge in [0, 0.05) is 27.7 Å². The molecule has 0 aliphatic heterocycles. The minimum Gasteiger partial charge on any atom is -0.456 e. The second-order valence-corrected chi connectivity index (χ2v) is 15.3. The third kappa shape index (κ3) is 6.51.